The molecule has 0 aliphatic carbocycles. The lowest BCUT2D eigenvalue weighted by Crippen LogP contribution is -2.30. The number of aryl methyl sites for hydroxylation is 6. The molecular formula is C63H78O12S2. The van der Waals surface area contributed by atoms with Gasteiger partial charge in [-0.25, -0.2) is 13.2 Å². The molecule has 0 fully saturated rings. The fraction of sp³-hybridized carbons (Fsp3) is 0.381. The highest BCUT2D eigenvalue weighted by atomic mass is 32.2. The second-order valence-corrected chi connectivity index (χ2v) is 22.6. The van der Waals surface area contributed by atoms with Crippen molar-refractivity contribution in [2.45, 2.75) is 145 Å². The summed E-state index contributed by atoms with van der Waals surface area (Å²) in [6.07, 6.45) is 7.83. The van der Waals surface area contributed by atoms with Crippen molar-refractivity contribution in [1.29, 1.82) is 0 Å². The van der Waals surface area contributed by atoms with Crippen LogP contribution in [0.15, 0.2) is 155 Å². The van der Waals surface area contributed by atoms with Crippen LogP contribution in [0, 0.1) is 41.5 Å². The Kier molecular flexibility index (Phi) is 27.8. The average molecular weight is 1090 g/mol. The van der Waals surface area contributed by atoms with Gasteiger partial charge in [0.1, 0.15) is 28.2 Å². The van der Waals surface area contributed by atoms with Gasteiger partial charge in [0.15, 0.2) is 21.2 Å². The fourth-order valence-corrected chi connectivity index (χ4v) is 10.2. The third-order valence-electron chi connectivity index (χ3n) is 12.4. The summed E-state index contributed by atoms with van der Waals surface area (Å²) >= 11 is 1.44. The summed E-state index contributed by atoms with van der Waals surface area (Å²) in [5.74, 6) is 0.205. The van der Waals surface area contributed by atoms with Crippen molar-refractivity contribution in [2.24, 2.45) is 0 Å². The van der Waals surface area contributed by atoms with E-state index in [4.69, 9.17) is 18.9 Å². The number of carboxylic acid groups (broad SMARTS) is 3. The number of ether oxygens (including phenoxy) is 4. The van der Waals surface area contributed by atoms with Gasteiger partial charge < -0.3 is 34.3 Å². The minimum atomic E-state index is -3.89. The Hall–Kier alpha value is -6.77. The van der Waals surface area contributed by atoms with Gasteiger partial charge in [0.05, 0.1) is 24.7 Å². The molecule has 0 aromatic heterocycles. The molecule has 0 saturated heterocycles. The zero-order valence-corrected chi connectivity index (χ0v) is 47.2. The number of carboxylic acids is 3. The van der Waals surface area contributed by atoms with Crippen molar-refractivity contribution in [1.82, 2.24) is 0 Å². The number of thioether (sulfide) groups is 1. The van der Waals surface area contributed by atoms with Crippen LogP contribution in [0.2, 0.25) is 0 Å². The van der Waals surface area contributed by atoms with Crippen molar-refractivity contribution >= 4 is 39.5 Å². The number of unbranched alkanes of at least 4 members (excludes halogenated alkanes) is 6. The Labute approximate surface area is 461 Å². The summed E-state index contributed by atoms with van der Waals surface area (Å²) in [5.41, 5.74) is 6.82. The van der Waals surface area contributed by atoms with Crippen molar-refractivity contribution in [3.8, 4) is 23.0 Å². The highest BCUT2D eigenvalue weighted by Crippen LogP contribution is 2.28. The molecule has 3 N–H and O–H groups in total. The fourth-order valence-electron chi connectivity index (χ4n) is 7.63. The molecule has 3 unspecified atom stereocenters. The van der Waals surface area contributed by atoms with E-state index in [-0.39, 0.29) is 16.6 Å². The first-order valence-electron chi connectivity index (χ1n) is 26.4. The molecule has 0 spiro atoms. The number of aliphatic carboxylic acids is 3. The predicted octanol–water partition coefficient (Wildman–Crippen LogP) is 14.4. The second-order valence-electron chi connectivity index (χ2n) is 19.2. The summed E-state index contributed by atoms with van der Waals surface area (Å²) in [4.78, 5) is 35.4. The van der Waals surface area contributed by atoms with Gasteiger partial charge >= 0.3 is 17.9 Å². The van der Waals surface area contributed by atoms with Crippen molar-refractivity contribution in [2.75, 3.05) is 19.8 Å². The molecule has 0 amide bonds. The first-order chi connectivity index (χ1) is 36.9. The topological polar surface area (TPSA) is 183 Å². The third-order valence-corrected chi connectivity index (χ3v) is 15.7. The number of sulfone groups is 1. The molecule has 0 bridgehead atoms. The Bertz CT molecular complexity index is 2630. The molecule has 3 atom stereocenters. The lowest BCUT2D eigenvalue weighted by molar-refractivity contribution is -0.145. The van der Waals surface area contributed by atoms with E-state index in [1.807, 2.05) is 144 Å². The lowest BCUT2D eigenvalue weighted by Gasteiger charge is -2.15. The van der Waals surface area contributed by atoms with Gasteiger partial charge in [0.2, 0.25) is 0 Å². The van der Waals surface area contributed by atoms with Crippen LogP contribution in [0.5, 0.6) is 23.0 Å². The minimum absolute atomic E-state index is 0.0585. The van der Waals surface area contributed by atoms with Gasteiger partial charge in [-0.1, -0.05) is 132 Å². The van der Waals surface area contributed by atoms with E-state index in [0.717, 1.165) is 83.8 Å². The van der Waals surface area contributed by atoms with Gasteiger partial charge in [-0.15, -0.1) is 11.8 Å². The zero-order chi connectivity index (χ0) is 56.0. The molecule has 0 aliphatic heterocycles. The number of carbonyl (C=O) groups is 3. The molecule has 0 radical (unpaired) electrons. The van der Waals surface area contributed by atoms with E-state index >= 15 is 0 Å². The average Bonchev–Trinajstić information content (AvgIpc) is 3.40. The Morgan fingerprint density at radius 1 is 0.403 bits per heavy atom. The molecule has 0 saturated carbocycles. The molecule has 6 rings (SSSR count). The smallest absolute Gasteiger partial charge is 0.344 e. The first kappa shape index (κ1) is 62.8. The summed E-state index contributed by atoms with van der Waals surface area (Å²) in [7, 11) is -3.89. The molecule has 6 aromatic carbocycles. The van der Waals surface area contributed by atoms with E-state index in [9.17, 15) is 38.1 Å². The summed E-state index contributed by atoms with van der Waals surface area (Å²) in [5, 5.41) is 26.3. The van der Waals surface area contributed by atoms with Gasteiger partial charge in [0.25, 0.3) is 0 Å². The van der Waals surface area contributed by atoms with Crippen LogP contribution in [0.25, 0.3) is 0 Å². The maximum Gasteiger partial charge on any atom is 0.344 e. The van der Waals surface area contributed by atoms with Crippen LogP contribution < -0.4 is 18.9 Å². The van der Waals surface area contributed by atoms with Gasteiger partial charge in [-0.3, -0.25) is 9.59 Å². The Balaban J connectivity index is 0.000000250. The normalized spacial score (nSPS) is 12.1. The molecule has 12 nitrogen and oxygen atoms in total. The number of benzene rings is 6. The second kappa shape index (κ2) is 34.1. The summed E-state index contributed by atoms with van der Waals surface area (Å²) < 4.78 is 47.8. The minimum Gasteiger partial charge on any atom is -0.494 e. The lowest BCUT2D eigenvalue weighted by atomic mass is 10.1. The van der Waals surface area contributed by atoms with Crippen molar-refractivity contribution < 1.29 is 57.1 Å². The molecule has 414 valence electrons. The first-order valence-corrected chi connectivity index (χ1v) is 28.9. The van der Waals surface area contributed by atoms with E-state index < -0.39 is 39.1 Å². The Morgan fingerprint density at radius 3 is 1.10 bits per heavy atom. The molecule has 0 heterocycles. The van der Waals surface area contributed by atoms with E-state index in [2.05, 4.69) is 6.92 Å². The number of hydrogen-bond donors (Lipinski definition) is 3. The summed E-state index contributed by atoms with van der Waals surface area (Å²) in [6, 6.07) is 45.5. The van der Waals surface area contributed by atoms with Crippen LogP contribution in [-0.2, 0) is 24.2 Å². The molecule has 6 aromatic rings. The van der Waals surface area contributed by atoms with Crippen LogP contribution in [0.1, 0.15) is 110 Å². The number of rotatable bonds is 30. The standard InChI is InChI=1S/C21H26O5S.C21H26O4.C21H26O3S/c1-16-7-11-18(12-8-16)26-15-5-3-4-6-20(21(22)23)27(24,25)19-13-9-17(2)10-14-19;2*1-16-7-11-18(12-8-16)24-15-5-3-4-6-20(21(22)23)25-19-13-9-17(2)10-14-19/h7-14,20H,3-6,15H2,1-2H3,(H,22,23);2*7-14,20H,3-6,15H2,1-2H3,(H,22,23). The van der Waals surface area contributed by atoms with Crippen LogP contribution in [-0.4, -0.2) is 78.1 Å². The van der Waals surface area contributed by atoms with Gasteiger partial charge in [-0.2, -0.15) is 0 Å². The Morgan fingerprint density at radius 2 is 0.740 bits per heavy atom. The van der Waals surface area contributed by atoms with E-state index in [1.54, 1.807) is 24.3 Å². The SMILES string of the molecule is Cc1ccc(OCCCCCC(C(=O)O)S(=O)(=O)c2ccc(C)cc2)cc1.Cc1ccc(OCCCCCC(Oc2ccc(C)cc2)C(=O)O)cc1.Cc1ccc(OCCCCCC(Sc2ccc(C)cc2)C(=O)O)cc1. The largest absolute Gasteiger partial charge is 0.494 e. The third kappa shape index (κ3) is 24.8. The van der Waals surface area contributed by atoms with Gasteiger partial charge in [0, 0.05) is 4.90 Å². The van der Waals surface area contributed by atoms with Crippen LogP contribution in [0.4, 0.5) is 0 Å². The monoisotopic (exact) mass is 1090 g/mol. The van der Waals surface area contributed by atoms with Gasteiger partial charge in [-0.05, 0) is 166 Å². The maximum atomic E-state index is 12.6. The molecule has 0 aliphatic rings. The number of hydrogen-bond acceptors (Lipinski definition) is 10. The molecular weight excluding hydrogens is 1010 g/mol. The summed E-state index contributed by atoms with van der Waals surface area (Å²) in [6.45, 7) is 13.8. The zero-order valence-electron chi connectivity index (χ0n) is 45.5. The van der Waals surface area contributed by atoms with E-state index in [0.29, 0.717) is 51.3 Å². The van der Waals surface area contributed by atoms with Crippen molar-refractivity contribution in [3.05, 3.63) is 179 Å². The molecule has 14 heteroatoms. The quantitative estimate of drug-likeness (QED) is 0.0286. The van der Waals surface area contributed by atoms with Crippen LogP contribution in [0.3, 0.4) is 0 Å². The predicted molar refractivity (Wildman–Crippen MR) is 307 cm³/mol. The maximum absolute atomic E-state index is 12.6. The van der Waals surface area contributed by atoms with E-state index in [1.165, 1.54) is 40.6 Å². The van der Waals surface area contributed by atoms with Crippen molar-refractivity contribution in [3.63, 3.8) is 0 Å². The highest BCUT2D eigenvalue weighted by molar-refractivity contribution is 8.00. The molecule has 77 heavy (non-hydrogen) atoms. The highest BCUT2D eigenvalue weighted by Gasteiger charge is 2.33. The van der Waals surface area contributed by atoms with Crippen LogP contribution >= 0.6 is 11.8 Å².